The smallest absolute Gasteiger partial charge is 0.337 e. The van der Waals surface area contributed by atoms with E-state index in [1.807, 2.05) is 18.2 Å². The molecule has 5 rings (SSSR count). The predicted molar refractivity (Wildman–Crippen MR) is 106 cm³/mol. The molecule has 5 atom stereocenters. The molecule has 0 amide bonds. The van der Waals surface area contributed by atoms with Crippen LogP contribution in [0.4, 0.5) is 5.69 Å². The Morgan fingerprint density at radius 1 is 1.04 bits per heavy atom. The van der Waals surface area contributed by atoms with Crippen molar-refractivity contribution in [2.24, 2.45) is 17.8 Å². The van der Waals surface area contributed by atoms with Gasteiger partial charge in [0.1, 0.15) is 0 Å². The number of carboxylic acid groups (broad SMARTS) is 1. The molecule has 1 aliphatic heterocycles. The fourth-order valence-electron chi connectivity index (χ4n) is 6.16. The molecule has 1 heterocycles. The van der Waals surface area contributed by atoms with Gasteiger partial charge in [0.25, 0.3) is 0 Å². The Kier molecular flexibility index (Phi) is 4.00. The topological polar surface area (TPSA) is 67.8 Å². The van der Waals surface area contributed by atoms with Crippen LogP contribution in [0, 0.1) is 17.8 Å². The Morgan fingerprint density at radius 3 is 2.54 bits per heavy atom. The van der Waals surface area contributed by atoms with Gasteiger partial charge in [0.05, 0.1) is 31.5 Å². The third kappa shape index (κ3) is 2.35. The van der Waals surface area contributed by atoms with Crippen LogP contribution in [-0.2, 0) is 0 Å². The minimum Gasteiger partial charge on any atom is -0.493 e. The molecule has 5 heteroatoms. The lowest BCUT2D eigenvalue weighted by molar-refractivity contribution is 0.0697. The van der Waals surface area contributed by atoms with E-state index in [0.29, 0.717) is 35.0 Å². The van der Waals surface area contributed by atoms with Crippen LogP contribution >= 0.6 is 0 Å². The van der Waals surface area contributed by atoms with Crippen molar-refractivity contribution in [2.45, 2.75) is 31.2 Å². The number of para-hydroxylation sites is 2. The van der Waals surface area contributed by atoms with Gasteiger partial charge in [-0.3, -0.25) is 0 Å². The summed E-state index contributed by atoms with van der Waals surface area (Å²) in [5.74, 6) is 2.69. The first-order valence-corrected chi connectivity index (χ1v) is 9.97. The largest absolute Gasteiger partial charge is 0.493 e. The zero-order valence-corrected chi connectivity index (χ0v) is 16.1. The average molecular weight is 379 g/mol. The lowest BCUT2D eigenvalue weighted by Crippen LogP contribution is -2.36. The molecule has 0 unspecified atom stereocenters. The van der Waals surface area contributed by atoms with Crippen molar-refractivity contribution in [3.05, 3.63) is 53.1 Å². The number of carbonyl (C=O) groups is 1. The number of aromatic carboxylic acids is 1. The molecule has 2 saturated carbocycles. The first-order chi connectivity index (χ1) is 13.6. The van der Waals surface area contributed by atoms with Crippen LogP contribution in [-0.4, -0.2) is 25.3 Å². The maximum atomic E-state index is 11.9. The van der Waals surface area contributed by atoms with E-state index in [0.717, 1.165) is 17.0 Å². The summed E-state index contributed by atoms with van der Waals surface area (Å²) in [6.07, 6.45) is 3.73. The molecule has 0 radical (unpaired) electrons. The summed E-state index contributed by atoms with van der Waals surface area (Å²) in [5.41, 5.74) is 3.36. The summed E-state index contributed by atoms with van der Waals surface area (Å²) in [6, 6.07) is 11.7. The van der Waals surface area contributed by atoms with Gasteiger partial charge < -0.3 is 19.9 Å². The van der Waals surface area contributed by atoms with Gasteiger partial charge in [-0.25, -0.2) is 4.79 Å². The number of nitrogens with one attached hydrogen (secondary N) is 1. The minimum absolute atomic E-state index is 0.0124. The fraction of sp³-hybridized carbons (Fsp3) is 0.435. The number of rotatable bonds is 4. The van der Waals surface area contributed by atoms with Crippen LogP contribution in [0.25, 0.3) is 0 Å². The number of anilines is 1. The van der Waals surface area contributed by atoms with E-state index >= 15 is 0 Å². The Labute approximate surface area is 164 Å². The van der Waals surface area contributed by atoms with E-state index in [-0.39, 0.29) is 6.04 Å². The van der Waals surface area contributed by atoms with Gasteiger partial charge in [0.2, 0.25) is 0 Å². The summed E-state index contributed by atoms with van der Waals surface area (Å²) in [6.45, 7) is 0. The molecule has 2 aromatic carbocycles. The second-order valence-electron chi connectivity index (χ2n) is 8.22. The van der Waals surface area contributed by atoms with E-state index in [9.17, 15) is 9.90 Å². The molecule has 0 aromatic heterocycles. The normalized spacial score (nSPS) is 29.6. The summed E-state index contributed by atoms with van der Waals surface area (Å²) >= 11 is 0. The predicted octanol–water partition coefficient (Wildman–Crippen LogP) is 4.70. The number of fused-ring (bicyclic) bond motifs is 7. The first-order valence-electron chi connectivity index (χ1n) is 9.97. The molecule has 2 fully saturated rings. The van der Waals surface area contributed by atoms with E-state index in [4.69, 9.17) is 9.47 Å². The van der Waals surface area contributed by atoms with Crippen LogP contribution < -0.4 is 14.8 Å². The second-order valence-corrected chi connectivity index (χ2v) is 8.22. The number of carboxylic acids is 1. The number of ether oxygens (including phenoxy) is 2. The second kappa shape index (κ2) is 6.43. The van der Waals surface area contributed by atoms with E-state index in [2.05, 4.69) is 17.4 Å². The summed E-state index contributed by atoms with van der Waals surface area (Å²) in [4.78, 5) is 11.9. The highest BCUT2D eigenvalue weighted by Crippen LogP contribution is 2.64. The zero-order valence-electron chi connectivity index (χ0n) is 16.1. The number of methoxy groups -OCH3 is 2. The highest BCUT2D eigenvalue weighted by Gasteiger charge is 2.54. The van der Waals surface area contributed by atoms with Gasteiger partial charge in [0, 0.05) is 5.56 Å². The van der Waals surface area contributed by atoms with Crippen molar-refractivity contribution in [3.8, 4) is 11.5 Å². The van der Waals surface area contributed by atoms with Crippen LogP contribution in [0.5, 0.6) is 11.5 Å². The Morgan fingerprint density at radius 2 is 1.79 bits per heavy atom. The Bertz CT molecular complexity index is 940. The number of hydrogen-bond acceptors (Lipinski definition) is 4. The van der Waals surface area contributed by atoms with Gasteiger partial charge in [-0.05, 0) is 60.6 Å². The van der Waals surface area contributed by atoms with Gasteiger partial charge in [-0.15, -0.1) is 0 Å². The number of hydrogen-bond donors (Lipinski definition) is 2. The monoisotopic (exact) mass is 379 g/mol. The maximum Gasteiger partial charge on any atom is 0.337 e. The van der Waals surface area contributed by atoms with Crippen LogP contribution in [0.15, 0.2) is 36.4 Å². The summed E-state index contributed by atoms with van der Waals surface area (Å²) in [5, 5.41) is 13.4. The van der Waals surface area contributed by atoms with E-state index in [1.165, 1.54) is 24.8 Å². The lowest BCUT2D eigenvalue weighted by atomic mass is 9.67. The molecular weight excluding hydrogens is 354 g/mol. The maximum absolute atomic E-state index is 11.9. The van der Waals surface area contributed by atoms with E-state index in [1.54, 1.807) is 20.3 Å². The SMILES string of the molecule is COc1cccc([C@H]2Nc3c(C(=O)O)cccc3[C@H]3[C@@H]4CC[C@@H](C4)[C@@H]32)c1OC. The quantitative estimate of drug-likeness (QED) is 0.806. The summed E-state index contributed by atoms with van der Waals surface area (Å²) in [7, 11) is 3.31. The molecule has 2 bridgehead atoms. The molecule has 3 aliphatic rings. The number of benzene rings is 2. The standard InChI is InChI=1S/C23H25NO4/c1-27-17-8-4-6-15(22(17)28-2)21-19-13-10-9-12(11-13)18(19)14-5-3-7-16(23(25)26)20(14)24-21/h3-8,12-13,18-19,21,24H,9-11H2,1-2H3,(H,25,26)/t12-,13+,18-,19+,21-/m1/s1. The lowest BCUT2D eigenvalue weighted by Gasteiger charge is -2.44. The average Bonchev–Trinajstić information content (AvgIpc) is 3.34. The highest BCUT2D eigenvalue weighted by atomic mass is 16.5. The molecule has 0 saturated heterocycles. The van der Waals surface area contributed by atoms with Crippen molar-refractivity contribution < 1.29 is 19.4 Å². The van der Waals surface area contributed by atoms with Gasteiger partial charge in [-0.1, -0.05) is 24.3 Å². The Hall–Kier alpha value is -2.69. The van der Waals surface area contributed by atoms with Crippen molar-refractivity contribution in [2.75, 3.05) is 19.5 Å². The van der Waals surface area contributed by atoms with Crippen LogP contribution in [0.1, 0.15) is 52.7 Å². The van der Waals surface area contributed by atoms with Gasteiger partial charge in [0.15, 0.2) is 11.5 Å². The molecule has 0 spiro atoms. The minimum atomic E-state index is -0.887. The molecule has 146 valence electrons. The van der Waals surface area contributed by atoms with Gasteiger partial charge in [-0.2, -0.15) is 0 Å². The highest BCUT2D eigenvalue weighted by molar-refractivity contribution is 5.95. The van der Waals surface area contributed by atoms with Crippen molar-refractivity contribution in [3.63, 3.8) is 0 Å². The first kappa shape index (κ1) is 17.4. The third-order valence-electron chi connectivity index (χ3n) is 7.12. The van der Waals surface area contributed by atoms with Crippen molar-refractivity contribution >= 4 is 11.7 Å². The molecule has 2 N–H and O–H groups in total. The van der Waals surface area contributed by atoms with Crippen LogP contribution in [0.3, 0.4) is 0 Å². The molecule has 28 heavy (non-hydrogen) atoms. The fourth-order valence-corrected chi connectivity index (χ4v) is 6.16. The van der Waals surface area contributed by atoms with Crippen molar-refractivity contribution in [1.82, 2.24) is 0 Å². The Balaban J connectivity index is 1.70. The third-order valence-corrected chi connectivity index (χ3v) is 7.12. The molecule has 2 aromatic rings. The molecular formula is C23H25NO4. The van der Waals surface area contributed by atoms with E-state index < -0.39 is 5.97 Å². The van der Waals surface area contributed by atoms with Crippen molar-refractivity contribution in [1.29, 1.82) is 0 Å². The molecule has 2 aliphatic carbocycles. The molecule has 5 nitrogen and oxygen atoms in total. The zero-order chi connectivity index (χ0) is 19.4. The summed E-state index contributed by atoms with van der Waals surface area (Å²) < 4.78 is 11.3. The van der Waals surface area contributed by atoms with Gasteiger partial charge >= 0.3 is 5.97 Å². The van der Waals surface area contributed by atoms with Crippen LogP contribution in [0.2, 0.25) is 0 Å².